The monoisotopic (exact) mass is 597 g/mol. The quantitative estimate of drug-likeness (QED) is 0.282. The number of methoxy groups -OCH3 is 1. The average molecular weight is 598 g/mol. The molecule has 2 aliphatic rings. The Balaban J connectivity index is 1.20. The average Bonchev–Trinajstić information content (AvgIpc) is 3.45. The van der Waals surface area contributed by atoms with Gasteiger partial charge in [0.15, 0.2) is 17.6 Å². The minimum Gasteiger partial charge on any atom is -0.484 e. The summed E-state index contributed by atoms with van der Waals surface area (Å²) in [7, 11) is 1.56. The number of ether oxygens (including phenoxy) is 3. The molecule has 0 aliphatic carbocycles. The molecule has 0 fully saturated rings. The van der Waals surface area contributed by atoms with Gasteiger partial charge in [-0.05, 0) is 67.3 Å². The van der Waals surface area contributed by atoms with Gasteiger partial charge in [0.05, 0.1) is 36.4 Å². The largest absolute Gasteiger partial charge is 0.484 e. The molecule has 0 saturated heterocycles. The third-order valence-electron chi connectivity index (χ3n) is 7.64. The van der Waals surface area contributed by atoms with Gasteiger partial charge in [0.25, 0.3) is 5.91 Å². The van der Waals surface area contributed by atoms with Crippen LogP contribution in [0.4, 0.5) is 10.5 Å². The minimum absolute atomic E-state index is 0.0254. The first-order valence-corrected chi connectivity index (χ1v) is 14.6. The molecule has 43 heavy (non-hydrogen) atoms. The fourth-order valence-corrected chi connectivity index (χ4v) is 6.73. The molecule has 0 bridgehead atoms. The molecular weight excluding hydrogens is 570 g/mol. The molecule has 0 saturated carbocycles. The van der Waals surface area contributed by atoms with Crippen molar-refractivity contribution >= 4 is 50.3 Å². The van der Waals surface area contributed by atoms with Crippen molar-refractivity contribution in [2.24, 2.45) is 0 Å². The van der Waals surface area contributed by atoms with Crippen LogP contribution in [-0.4, -0.2) is 65.0 Å². The van der Waals surface area contributed by atoms with Crippen molar-refractivity contribution in [1.82, 2.24) is 20.3 Å². The summed E-state index contributed by atoms with van der Waals surface area (Å²) >= 11 is 1.49. The van der Waals surface area contributed by atoms with Gasteiger partial charge in [-0.15, -0.1) is 11.3 Å². The summed E-state index contributed by atoms with van der Waals surface area (Å²) in [6.45, 7) is 4.70. The number of thiazole rings is 1. The summed E-state index contributed by atoms with van der Waals surface area (Å²) in [5.74, 6) is 1.35. The van der Waals surface area contributed by atoms with Gasteiger partial charge >= 0.3 is 6.09 Å². The molecule has 2 amide bonds. The lowest BCUT2D eigenvalue weighted by atomic mass is 9.99. The normalized spacial score (nSPS) is 15.7. The number of carbonyl (C=O) groups is 2. The van der Waals surface area contributed by atoms with E-state index in [4.69, 9.17) is 19.2 Å². The predicted octanol–water partition coefficient (Wildman–Crippen LogP) is 5.14. The van der Waals surface area contributed by atoms with Crippen molar-refractivity contribution in [1.29, 1.82) is 0 Å². The minimum atomic E-state index is -1.14. The zero-order valence-electron chi connectivity index (χ0n) is 23.6. The van der Waals surface area contributed by atoms with Crippen molar-refractivity contribution in [3.63, 3.8) is 0 Å². The molecule has 1 atom stereocenters. The molecule has 2 N–H and O–H groups in total. The second-order valence-corrected chi connectivity index (χ2v) is 11.6. The number of carboxylic acid groups (broad SMARTS) is 1. The van der Waals surface area contributed by atoms with E-state index in [2.05, 4.69) is 15.3 Å². The maximum Gasteiger partial charge on any atom is 0.411 e. The molecule has 218 valence electrons. The molecule has 2 aromatic heterocycles. The molecule has 11 nitrogen and oxygen atoms in total. The zero-order chi connectivity index (χ0) is 29.8. The highest BCUT2D eigenvalue weighted by Crippen LogP contribution is 2.46. The van der Waals surface area contributed by atoms with Gasteiger partial charge in [0, 0.05) is 23.4 Å². The second kappa shape index (κ2) is 10.4. The van der Waals surface area contributed by atoms with Crippen LogP contribution < -0.4 is 24.4 Å². The van der Waals surface area contributed by atoms with Crippen LogP contribution in [0.2, 0.25) is 0 Å². The van der Waals surface area contributed by atoms with Crippen LogP contribution in [0, 0.1) is 13.8 Å². The van der Waals surface area contributed by atoms with Crippen LogP contribution in [0.3, 0.4) is 0 Å². The first kappa shape index (κ1) is 26.9. The van der Waals surface area contributed by atoms with E-state index < -0.39 is 12.2 Å². The molecule has 2 aliphatic heterocycles. The standard InChI is InChI=1S/C31H27N5O6S/c1-15-8-21(26-22(9-15)34-24(40-3)12-33-26)30-35-25-16(2)10-23-27(28(25)43-30)41-14-19(42-23)13-36(31(38)39)18-5-4-17-6-7-32-29(37)20(17)11-18/h4-5,8-12,19H,6-7,13-14H2,1-3H3,(H,32,37)(H,38,39). The van der Waals surface area contributed by atoms with Crippen LogP contribution in [0.15, 0.2) is 42.6 Å². The summed E-state index contributed by atoms with van der Waals surface area (Å²) in [6, 6.07) is 11.0. The topological polar surface area (TPSA) is 136 Å². The fourth-order valence-electron chi connectivity index (χ4n) is 5.58. The number of hydrogen-bond acceptors (Lipinski definition) is 9. The lowest BCUT2D eigenvalue weighted by Crippen LogP contribution is -2.43. The van der Waals surface area contributed by atoms with Crippen LogP contribution in [0.25, 0.3) is 31.8 Å². The highest BCUT2D eigenvalue weighted by molar-refractivity contribution is 7.22. The Morgan fingerprint density at radius 1 is 1.16 bits per heavy atom. The van der Waals surface area contributed by atoms with Crippen LogP contribution in [0.5, 0.6) is 17.4 Å². The predicted molar refractivity (Wildman–Crippen MR) is 162 cm³/mol. The first-order chi connectivity index (χ1) is 20.8. The number of fused-ring (bicyclic) bond motifs is 5. The molecule has 0 radical (unpaired) electrons. The van der Waals surface area contributed by atoms with E-state index in [0.717, 1.165) is 48.5 Å². The lowest BCUT2D eigenvalue weighted by molar-refractivity contribution is 0.0944. The SMILES string of the molecule is COc1cnc2c(-c3nc4c(C)cc5c(c4s3)OCC(CN(C(=O)O)c3ccc4c(c3)C(=O)NCC4)O5)cc(C)cc2n1. The number of amides is 2. The smallest absolute Gasteiger partial charge is 0.411 e. The van der Waals surface area contributed by atoms with Gasteiger partial charge in [-0.1, -0.05) is 6.07 Å². The highest BCUT2D eigenvalue weighted by atomic mass is 32.1. The fraction of sp³-hybridized carbons (Fsp3) is 0.258. The van der Waals surface area contributed by atoms with Crippen molar-refractivity contribution in [3.8, 4) is 28.0 Å². The summed E-state index contributed by atoms with van der Waals surface area (Å²) < 4.78 is 18.7. The molecule has 0 spiro atoms. The van der Waals surface area contributed by atoms with Gasteiger partial charge in [-0.25, -0.2) is 19.7 Å². The van der Waals surface area contributed by atoms with Crippen molar-refractivity contribution in [3.05, 3.63) is 64.8 Å². The number of rotatable bonds is 5. The number of hydrogen-bond donors (Lipinski definition) is 2. The number of nitrogens with one attached hydrogen (secondary N) is 1. The van der Waals surface area contributed by atoms with E-state index in [0.29, 0.717) is 41.6 Å². The molecule has 3 aromatic carbocycles. The van der Waals surface area contributed by atoms with Crippen molar-refractivity contribution in [2.45, 2.75) is 26.4 Å². The van der Waals surface area contributed by atoms with E-state index in [1.54, 1.807) is 25.4 Å². The molecule has 1 unspecified atom stereocenters. The number of benzene rings is 3. The molecule has 5 aromatic rings. The van der Waals surface area contributed by atoms with E-state index >= 15 is 0 Å². The Hall–Kier alpha value is -4.97. The van der Waals surface area contributed by atoms with Crippen LogP contribution in [-0.2, 0) is 6.42 Å². The Morgan fingerprint density at radius 2 is 2.02 bits per heavy atom. The van der Waals surface area contributed by atoms with E-state index in [1.807, 2.05) is 38.1 Å². The maximum atomic E-state index is 12.4. The van der Waals surface area contributed by atoms with E-state index in [1.165, 1.54) is 16.2 Å². The van der Waals surface area contributed by atoms with Crippen LogP contribution in [0.1, 0.15) is 27.0 Å². The molecular formula is C31H27N5O6S. The van der Waals surface area contributed by atoms with Crippen LogP contribution >= 0.6 is 11.3 Å². The summed E-state index contributed by atoms with van der Waals surface area (Å²) in [5, 5.41) is 13.6. The van der Waals surface area contributed by atoms with Gasteiger partial charge in [-0.3, -0.25) is 9.69 Å². The van der Waals surface area contributed by atoms with Gasteiger partial charge in [0.2, 0.25) is 5.88 Å². The van der Waals surface area contributed by atoms with Gasteiger partial charge in [0.1, 0.15) is 16.3 Å². The van der Waals surface area contributed by atoms with Crippen molar-refractivity contribution in [2.75, 3.05) is 31.7 Å². The van der Waals surface area contributed by atoms with E-state index in [9.17, 15) is 14.7 Å². The summed E-state index contributed by atoms with van der Waals surface area (Å²) in [4.78, 5) is 40.0. The highest BCUT2D eigenvalue weighted by Gasteiger charge is 2.30. The second-order valence-electron chi connectivity index (χ2n) is 10.6. The summed E-state index contributed by atoms with van der Waals surface area (Å²) in [5.41, 5.74) is 6.84. The molecule has 4 heterocycles. The maximum absolute atomic E-state index is 12.4. The van der Waals surface area contributed by atoms with Gasteiger partial charge < -0.3 is 24.6 Å². The Morgan fingerprint density at radius 3 is 2.84 bits per heavy atom. The number of aromatic nitrogens is 3. The lowest BCUT2D eigenvalue weighted by Gasteiger charge is -2.31. The van der Waals surface area contributed by atoms with E-state index in [-0.39, 0.29) is 19.1 Å². The zero-order valence-corrected chi connectivity index (χ0v) is 24.4. The third kappa shape index (κ3) is 4.73. The summed E-state index contributed by atoms with van der Waals surface area (Å²) in [6.07, 6.45) is 0.595. The first-order valence-electron chi connectivity index (χ1n) is 13.8. The molecule has 7 rings (SSSR count). The Labute approximate surface area is 250 Å². The Kier molecular flexibility index (Phi) is 6.50. The van der Waals surface area contributed by atoms with Gasteiger partial charge in [-0.2, -0.15) is 0 Å². The third-order valence-corrected chi connectivity index (χ3v) is 8.73. The van der Waals surface area contributed by atoms with Crippen molar-refractivity contribution < 1.29 is 28.9 Å². The number of anilines is 1. The molecule has 12 heteroatoms. The number of aryl methyl sites for hydroxylation is 2. The number of carbonyl (C=O) groups excluding carboxylic acids is 1. The Bertz CT molecular complexity index is 1960. The number of nitrogens with zero attached hydrogens (tertiary/aromatic N) is 4.